The van der Waals surface area contributed by atoms with E-state index in [1.165, 1.54) is 16.5 Å². The van der Waals surface area contributed by atoms with Crippen LogP contribution < -0.4 is 5.32 Å². The molecule has 0 atom stereocenters. The highest BCUT2D eigenvalue weighted by atomic mass is 14.9. The summed E-state index contributed by atoms with van der Waals surface area (Å²) >= 11 is 0. The van der Waals surface area contributed by atoms with Gasteiger partial charge in [0.2, 0.25) is 0 Å². The number of rotatable bonds is 3. The van der Waals surface area contributed by atoms with Gasteiger partial charge in [-0.25, -0.2) is 0 Å². The highest BCUT2D eigenvalue weighted by Crippen LogP contribution is 2.23. The minimum Gasteiger partial charge on any atom is -0.351 e. The van der Waals surface area contributed by atoms with E-state index in [1.807, 2.05) is 7.05 Å². The average molecular weight is 216 g/mol. The van der Waals surface area contributed by atoms with E-state index in [0.717, 1.165) is 6.42 Å². The maximum atomic E-state index is 3.35. The third-order valence-electron chi connectivity index (χ3n) is 3.33. The van der Waals surface area contributed by atoms with Crippen molar-refractivity contribution in [1.29, 1.82) is 0 Å². The summed E-state index contributed by atoms with van der Waals surface area (Å²) in [5.74, 6) is 0. The van der Waals surface area contributed by atoms with Crippen molar-refractivity contribution >= 4 is 10.9 Å². The first-order valence-electron chi connectivity index (χ1n) is 5.75. The van der Waals surface area contributed by atoms with Gasteiger partial charge in [-0.15, -0.1) is 0 Å². The SMILES string of the molecule is CNC(C)(C)Cc1cccc2c1ccn2C. The van der Waals surface area contributed by atoms with Crippen molar-refractivity contribution in [2.24, 2.45) is 7.05 Å². The first-order valence-corrected chi connectivity index (χ1v) is 5.75. The summed E-state index contributed by atoms with van der Waals surface area (Å²) in [7, 11) is 4.11. The maximum absolute atomic E-state index is 3.35. The molecule has 2 aromatic rings. The third kappa shape index (κ3) is 1.98. The Morgan fingerprint density at radius 2 is 2.00 bits per heavy atom. The summed E-state index contributed by atoms with van der Waals surface area (Å²) in [6.07, 6.45) is 3.17. The molecule has 2 heteroatoms. The van der Waals surface area contributed by atoms with E-state index in [4.69, 9.17) is 0 Å². The highest BCUT2D eigenvalue weighted by molar-refractivity contribution is 5.83. The lowest BCUT2D eigenvalue weighted by Crippen LogP contribution is -2.38. The van der Waals surface area contributed by atoms with Gasteiger partial charge in [0.25, 0.3) is 0 Å². The van der Waals surface area contributed by atoms with Crippen molar-refractivity contribution in [2.45, 2.75) is 25.8 Å². The van der Waals surface area contributed by atoms with E-state index in [0.29, 0.717) is 0 Å². The molecule has 0 bridgehead atoms. The van der Waals surface area contributed by atoms with Crippen LogP contribution in [0.2, 0.25) is 0 Å². The van der Waals surface area contributed by atoms with Crippen molar-refractivity contribution in [1.82, 2.24) is 9.88 Å². The molecule has 0 spiro atoms. The molecule has 1 N–H and O–H groups in total. The molecule has 0 amide bonds. The summed E-state index contributed by atoms with van der Waals surface area (Å²) < 4.78 is 2.17. The van der Waals surface area contributed by atoms with Crippen LogP contribution in [0.4, 0.5) is 0 Å². The van der Waals surface area contributed by atoms with E-state index >= 15 is 0 Å². The first-order chi connectivity index (χ1) is 7.53. The van der Waals surface area contributed by atoms with Gasteiger partial charge in [-0.2, -0.15) is 0 Å². The van der Waals surface area contributed by atoms with E-state index < -0.39 is 0 Å². The highest BCUT2D eigenvalue weighted by Gasteiger charge is 2.17. The Morgan fingerprint density at radius 1 is 1.25 bits per heavy atom. The zero-order valence-electron chi connectivity index (χ0n) is 10.5. The van der Waals surface area contributed by atoms with Gasteiger partial charge < -0.3 is 9.88 Å². The van der Waals surface area contributed by atoms with Crippen molar-refractivity contribution in [2.75, 3.05) is 7.05 Å². The molecular weight excluding hydrogens is 196 g/mol. The van der Waals surface area contributed by atoms with Crippen LogP contribution in [0.5, 0.6) is 0 Å². The molecule has 0 aliphatic heterocycles. The van der Waals surface area contributed by atoms with Crippen LogP contribution in [0.3, 0.4) is 0 Å². The molecule has 0 aliphatic carbocycles. The molecule has 2 nitrogen and oxygen atoms in total. The zero-order chi connectivity index (χ0) is 11.8. The Labute approximate surface area is 97.3 Å². The number of aromatic nitrogens is 1. The monoisotopic (exact) mass is 216 g/mol. The second-order valence-corrected chi connectivity index (χ2v) is 5.09. The minimum absolute atomic E-state index is 0.143. The molecule has 0 radical (unpaired) electrons. The fourth-order valence-corrected chi connectivity index (χ4v) is 2.08. The van der Waals surface area contributed by atoms with Gasteiger partial charge in [-0.3, -0.25) is 0 Å². The number of aryl methyl sites for hydroxylation is 1. The quantitative estimate of drug-likeness (QED) is 0.834. The maximum Gasteiger partial charge on any atom is 0.0480 e. The smallest absolute Gasteiger partial charge is 0.0480 e. The summed E-state index contributed by atoms with van der Waals surface area (Å²) in [4.78, 5) is 0. The number of hydrogen-bond acceptors (Lipinski definition) is 1. The number of nitrogens with one attached hydrogen (secondary N) is 1. The van der Waals surface area contributed by atoms with Crippen LogP contribution in [0.1, 0.15) is 19.4 Å². The van der Waals surface area contributed by atoms with Crippen LogP contribution in [-0.2, 0) is 13.5 Å². The topological polar surface area (TPSA) is 17.0 Å². The second-order valence-electron chi connectivity index (χ2n) is 5.09. The number of benzene rings is 1. The van der Waals surface area contributed by atoms with Gasteiger partial charge in [0.15, 0.2) is 0 Å². The van der Waals surface area contributed by atoms with Crippen molar-refractivity contribution in [3.8, 4) is 0 Å². The predicted octanol–water partition coefficient (Wildman–Crippen LogP) is 2.72. The largest absolute Gasteiger partial charge is 0.351 e. The fraction of sp³-hybridized carbons (Fsp3) is 0.429. The van der Waals surface area contributed by atoms with Gasteiger partial charge in [-0.05, 0) is 45.0 Å². The average Bonchev–Trinajstić information content (AvgIpc) is 2.62. The summed E-state index contributed by atoms with van der Waals surface area (Å²) in [6.45, 7) is 4.46. The van der Waals surface area contributed by atoms with Crippen molar-refractivity contribution in [3.63, 3.8) is 0 Å². The Morgan fingerprint density at radius 3 is 2.69 bits per heavy atom. The molecule has 16 heavy (non-hydrogen) atoms. The lowest BCUT2D eigenvalue weighted by molar-refractivity contribution is 0.423. The first kappa shape index (κ1) is 11.2. The van der Waals surface area contributed by atoms with Crippen LogP contribution in [0, 0.1) is 0 Å². The molecule has 2 rings (SSSR count). The predicted molar refractivity (Wildman–Crippen MR) is 69.8 cm³/mol. The molecule has 86 valence electrons. The Kier molecular flexibility index (Phi) is 2.76. The second kappa shape index (κ2) is 3.95. The molecule has 0 unspecified atom stereocenters. The summed E-state index contributed by atoms with van der Waals surface area (Å²) in [6, 6.07) is 8.74. The van der Waals surface area contributed by atoms with Gasteiger partial charge >= 0.3 is 0 Å². The van der Waals surface area contributed by atoms with E-state index in [9.17, 15) is 0 Å². The third-order valence-corrected chi connectivity index (χ3v) is 3.33. The Balaban J connectivity index is 2.45. The molecule has 1 aromatic carbocycles. The van der Waals surface area contributed by atoms with Crippen LogP contribution in [0.15, 0.2) is 30.5 Å². The van der Waals surface area contributed by atoms with Gasteiger partial charge in [0.05, 0.1) is 0 Å². The van der Waals surface area contributed by atoms with E-state index in [1.54, 1.807) is 0 Å². The van der Waals surface area contributed by atoms with Gasteiger partial charge in [-0.1, -0.05) is 12.1 Å². The van der Waals surface area contributed by atoms with Gasteiger partial charge in [0, 0.05) is 29.7 Å². The fourth-order valence-electron chi connectivity index (χ4n) is 2.08. The zero-order valence-corrected chi connectivity index (χ0v) is 10.5. The van der Waals surface area contributed by atoms with E-state index in [2.05, 4.69) is 61.2 Å². The molecular formula is C14H20N2. The number of likely N-dealkylation sites (N-methyl/N-ethyl adjacent to an activating group) is 1. The Hall–Kier alpha value is -1.28. The molecule has 1 aromatic heterocycles. The van der Waals surface area contributed by atoms with Gasteiger partial charge in [0.1, 0.15) is 0 Å². The van der Waals surface area contributed by atoms with Crippen molar-refractivity contribution in [3.05, 3.63) is 36.0 Å². The van der Waals surface area contributed by atoms with Crippen LogP contribution >= 0.6 is 0 Å². The minimum atomic E-state index is 0.143. The molecule has 0 saturated heterocycles. The van der Waals surface area contributed by atoms with Crippen LogP contribution in [-0.4, -0.2) is 17.2 Å². The molecule has 0 fully saturated rings. The number of nitrogens with zero attached hydrogens (tertiary/aromatic N) is 1. The number of fused-ring (bicyclic) bond motifs is 1. The lowest BCUT2D eigenvalue weighted by Gasteiger charge is -2.24. The summed E-state index contributed by atoms with van der Waals surface area (Å²) in [5.41, 5.74) is 2.87. The van der Waals surface area contributed by atoms with E-state index in [-0.39, 0.29) is 5.54 Å². The molecule has 0 aliphatic rings. The lowest BCUT2D eigenvalue weighted by atomic mass is 9.93. The molecule has 1 heterocycles. The molecule has 0 saturated carbocycles. The summed E-state index contributed by atoms with van der Waals surface area (Å²) in [5, 5.41) is 4.72. The van der Waals surface area contributed by atoms with Crippen molar-refractivity contribution < 1.29 is 0 Å². The normalized spacial score (nSPS) is 12.2. The van der Waals surface area contributed by atoms with Crippen LogP contribution in [0.25, 0.3) is 10.9 Å². The number of hydrogen-bond donors (Lipinski definition) is 1. The standard InChI is InChI=1S/C14H20N2/c1-14(2,15-3)10-11-6-5-7-13-12(11)8-9-16(13)4/h5-9,15H,10H2,1-4H3. The Bertz CT molecular complexity index is 494.